The van der Waals surface area contributed by atoms with Gasteiger partial charge < -0.3 is 14.5 Å². The third-order valence-electron chi connectivity index (χ3n) is 4.92. The second kappa shape index (κ2) is 7.72. The molecule has 2 heterocycles. The molecule has 1 atom stereocenters. The molecule has 0 aromatic heterocycles. The minimum atomic E-state index is -0.536. The maximum Gasteiger partial charge on any atom is 0.410 e. The Labute approximate surface area is 146 Å². The van der Waals surface area contributed by atoms with Gasteiger partial charge in [-0.25, -0.2) is 4.79 Å². The van der Waals surface area contributed by atoms with Gasteiger partial charge in [-0.1, -0.05) is 0 Å². The predicted molar refractivity (Wildman–Crippen MR) is 93.9 cm³/mol. The van der Waals surface area contributed by atoms with Gasteiger partial charge in [0.05, 0.1) is 0 Å². The first-order valence-corrected chi connectivity index (χ1v) is 9.21. The number of amides is 2. The van der Waals surface area contributed by atoms with Crippen molar-refractivity contribution < 1.29 is 14.3 Å². The molecule has 0 unspecified atom stereocenters. The third kappa shape index (κ3) is 4.62. The summed E-state index contributed by atoms with van der Waals surface area (Å²) in [6, 6.07) is -0.0701. The molecule has 0 aliphatic carbocycles. The quantitative estimate of drug-likeness (QED) is 0.792. The van der Waals surface area contributed by atoms with E-state index in [9.17, 15) is 9.59 Å². The van der Waals surface area contributed by atoms with Gasteiger partial charge in [-0.15, -0.1) is 0 Å². The van der Waals surface area contributed by atoms with Crippen molar-refractivity contribution in [1.82, 2.24) is 14.7 Å². The second-order valence-electron chi connectivity index (χ2n) is 7.99. The number of ether oxygens (including phenoxy) is 1. The lowest BCUT2D eigenvalue weighted by molar-refractivity contribution is -0.139. The molecule has 24 heavy (non-hydrogen) atoms. The molecule has 2 saturated heterocycles. The number of nitrogens with zero attached hydrogens (tertiary/aromatic N) is 3. The Balaban J connectivity index is 2.04. The van der Waals surface area contributed by atoms with Gasteiger partial charge >= 0.3 is 6.09 Å². The summed E-state index contributed by atoms with van der Waals surface area (Å²) < 4.78 is 5.48. The van der Waals surface area contributed by atoms with E-state index >= 15 is 0 Å². The summed E-state index contributed by atoms with van der Waals surface area (Å²) in [6.07, 6.45) is 3.25. The molecule has 138 valence electrons. The van der Waals surface area contributed by atoms with Crippen LogP contribution in [-0.2, 0) is 9.53 Å². The molecule has 2 fully saturated rings. The third-order valence-corrected chi connectivity index (χ3v) is 4.92. The van der Waals surface area contributed by atoms with Gasteiger partial charge in [0.15, 0.2) is 0 Å². The zero-order valence-electron chi connectivity index (χ0n) is 15.9. The first-order valence-electron chi connectivity index (χ1n) is 9.21. The van der Waals surface area contributed by atoms with Crippen LogP contribution in [0.2, 0.25) is 0 Å². The number of hydrogen-bond acceptors (Lipinski definition) is 4. The Morgan fingerprint density at radius 3 is 2.29 bits per heavy atom. The number of piperidine rings is 1. The molecule has 6 heteroatoms. The maximum atomic E-state index is 13.1. The molecule has 2 aliphatic heterocycles. The van der Waals surface area contributed by atoms with Crippen LogP contribution in [0.5, 0.6) is 0 Å². The molecule has 2 aliphatic rings. The van der Waals surface area contributed by atoms with Crippen molar-refractivity contribution in [2.45, 2.75) is 71.1 Å². The molecule has 2 rings (SSSR count). The van der Waals surface area contributed by atoms with Crippen LogP contribution in [0.1, 0.15) is 53.4 Å². The van der Waals surface area contributed by atoms with Crippen molar-refractivity contribution in [3.8, 4) is 0 Å². The highest BCUT2D eigenvalue weighted by molar-refractivity contribution is 5.86. The molecule has 0 aromatic rings. The lowest BCUT2D eigenvalue weighted by Gasteiger charge is -2.39. The maximum absolute atomic E-state index is 13.1. The van der Waals surface area contributed by atoms with Crippen LogP contribution in [0.3, 0.4) is 0 Å². The number of likely N-dealkylation sites (tertiary alicyclic amines) is 2. The molecule has 0 aromatic carbocycles. The van der Waals surface area contributed by atoms with Gasteiger partial charge in [0.2, 0.25) is 5.91 Å². The first kappa shape index (κ1) is 19.0. The highest BCUT2D eigenvalue weighted by Crippen LogP contribution is 2.25. The normalized spacial score (nSPS) is 23.4. The van der Waals surface area contributed by atoms with E-state index < -0.39 is 5.60 Å². The van der Waals surface area contributed by atoms with Crippen molar-refractivity contribution in [3.05, 3.63) is 0 Å². The summed E-state index contributed by atoms with van der Waals surface area (Å²) in [5.74, 6) is 0.0930. The zero-order chi connectivity index (χ0) is 17.9. The Morgan fingerprint density at radius 1 is 1.12 bits per heavy atom. The summed E-state index contributed by atoms with van der Waals surface area (Å²) in [6.45, 7) is 11.0. The molecule has 0 N–H and O–H groups in total. The largest absolute Gasteiger partial charge is 0.444 e. The van der Waals surface area contributed by atoms with Crippen molar-refractivity contribution in [3.63, 3.8) is 0 Å². The van der Waals surface area contributed by atoms with Gasteiger partial charge in [0.1, 0.15) is 11.6 Å². The Bertz CT molecular complexity index is 453. The molecular formula is C18H33N3O3. The van der Waals surface area contributed by atoms with Crippen LogP contribution in [-0.4, -0.2) is 77.6 Å². The van der Waals surface area contributed by atoms with E-state index in [1.807, 2.05) is 32.6 Å². The van der Waals surface area contributed by atoms with Crippen molar-refractivity contribution in [2.75, 3.05) is 33.2 Å². The zero-order valence-corrected chi connectivity index (χ0v) is 15.9. The van der Waals surface area contributed by atoms with Gasteiger partial charge in [-0.05, 0) is 73.5 Å². The molecule has 0 bridgehead atoms. The van der Waals surface area contributed by atoms with E-state index in [4.69, 9.17) is 4.74 Å². The summed E-state index contributed by atoms with van der Waals surface area (Å²) in [5, 5.41) is 0. The minimum absolute atomic E-state index is 0.0930. The fourth-order valence-electron chi connectivity index (χ4n) is 3.65. The number of carbonyl (C=O) groups is 2. The molecular weight excluding hydrogens is 306 g/mol. The smallest absolute Gasteiger partial charge is 0.410 e. The van der Waals surface area contributed by atoms with E-state index in [1.54, 1.807) is 4.90 Å². The van der Waals surface area contributed by atoms with E-state index in [0.717, 1.165) is 38.8 Å². The summed E-state index contributed by atoms with van der Waals surface area (Å²) in [7, 11) is 2.12. The van der Waals surface area contributed by atoms with Crippen LogP contribution >= 0.6 is 0 Å². The topological polar surface area (TPSA) is 53.1 Å². The van der Waals surface area contributed by atoms with E-state index in [1.165, 1.54) is 0 Å². The van der Waals surface area contributed by atoms with Crippen LogP contribution in [0, 0.1) is 0 Å². The first-order chi connectivity index (χ1) is 11.2. The van der Waals surface area contributed by atoms with Crippen LogP contribution in [0.15, 0.2) is 0 Å². The van der Waals surface area contributed by atoms with E-state index in [2.05, 4.69) is 11.9 Å². The molecule has 2 amide bonds. The summed E-state index contributed by atoms with van der Waals surface area (Å²) in [4.78, 5) is 31.5. The van der Waals surface area contributed by atoms with Crippen LogP contribution < -0.4 is 0 Å². The minimum Gasteiger partial charge on any atom is -0.444 e. The van der Waals surface area contributed by atoms with Gasteiger partial charge in [0.25, 0.3) is 0 Å². The highest BCUT2D eigenvalue weighted by atomic mass is 16.6. The van der Waals surface area contributed by atoms with Crippen molar-refractivity contribution in [2.24, 2.45) is 0 Å². The number of carbonyl (C=O) groups excluding carboxylic acids is 2. The molecule has 0 spiro atoms. The molecule has 0 saturated carbocycles. The van der Waals surface area contributed by atoms with Gasteiger partial charge in [0, 0.05) is 19.1 Å². The van der Waals surface area contributed by atoms with Crippen LogP contribution in [0.4, 0.5) is 4.79 Å². The molecule has 6 nitrogen and oxygen atoms in total. The van der Waals surface area contributed by atoms with Gasteiger partial charge in [-0.3, -0.25) is 9.69 Å². The summed E-state index contributed by atoms with van der Waals surface area (Å²) in [5.41, 5.74) is -0.536. The van der Waals surface area contributed by atoms with Crippen molar-refractivity contribution in [1.29, 1.82) is 0 Å². The number of hydrogen-bond donors (Lipinski definition) is 0. The SMILES string of the molecule is CCN(C(=O)[C@H]1CCCN1C(=O)OC(C)(C)C)C1CCN(C)CC1. The molecule has 0 radical (unpaired) electrons. The lowest BCUT2D eigenvalue weighted by atomic mass is 10.0. The highest BCUT2D eigenvalue weighted by Gasteiger charge is 2.40. The average Bonchev–Trinajstić information content (AvgIpc) is 2.97. The predicted octanol–water partition coefficient (Wildman–Crippen LogP) is 2.33. The Kier molecular flexibility index (Phi) is 6.12. The fraction of sp³-hybridized carbons (Fsp3) is 0.889. The fourth-order valence-corrected chi connectivity index (χ4v) is 3.65. The number of rotatable bonds is 3. The Morgan fingerprint density at radius 2 is 1.75 bits per heavy atom. The lowest BCUT2D eigenvalue weighted by Crippen LogP contribution is -2.53. The Hall–Kier alpha value is -1.30. The standard InChI is InChI=1S/C18H33N3O3/c1-6-20(14-9-12-19(5)13-10-14)16(22)15-8-7-11-21(15)17(23)24-18(2,3)4/h14-15H,6-13H2,1-5H3/t15-/m1/s1. The van der Waals surface area contributed by atoms with E-state index in [0.29, 0.717) is 19.1 Å². The second-order valence-corrected chi connectivity index (χ2v) is 7.99. The monoisotopic (exact) mass is 339 g/mol. The van der Waals surface area contributed by atoms with Crippen molar-refractivity contribution >= 4 is 12.0 Å². The van der Waals surface area contributed by atoms with Gasteiger partial charge in [-0.2, -0.15) is 0 Å². The van der Waals surface area contributed by atoms with E-state index in [-0.39, 0.29) is 18.0 Å². The summed E-state index contributed by atoms with van der Waals surface area (Å²) >= 11 is 0. The number of likely N-dealkylation sites (N-methyl/N-ethyl adjacent to an activating group) is 1. The van der Waals surface area contributed by atoms with Crippen LogP contribution in [0.25, 0.3) is 0 Å². The average molecular weight is 339 g/mol.